The molecule has 5 aliphatic rings. The van der Waals surface area contributed by atoms with Crippen LogP contribution >= 0.6 is 0 Å². The Balaban J connectivity index is 1.19. The molecule has 0 amide bonds. The van der Waals surface area contributed by atoms with Gasteiger partial charge >= 0.3 is 23.9 Å². The molecule has 5 rings (SSSR count). The fourth-order valence-corrected chi connectivity index (χ4v) is 8.60. The maximum atomic E-state index is 13.1. The molecule has 0 N–H and O–H groups in total. The van der Waals surface area contributed by atoms with Crippen molar-refractivity contribution in [3.05, 3.63) is 0 Å². The lowest BCUT2D eigenvalue weighted by molar-refractivity contribution is -0.161. The standard InChI is InChI=1S/C40H64O12/c1-21-17-29-9-13-34(49-29)26(6)38(42)46-23(3)19-31-11-15-36(51-31)28(8)40(44)48-24(4)20-32-12-16-35(52-32)27(7)39(43)47-22(2)18-30-10-14-33(50-30)25(5)37(41)45-21/h21-36H,9-20H2,1-8H3/t21-,22-,23+,24+,25+,26+,27-,28-,29+,30+,31-,32-,33-,34-,35-,36-/m0/s1. The van der Waals surface area contributed by atoms with Crippen LogP contribution in [0.5, 0.6) is 0 Å². The summed E-state index contributed by atoms with van der Waals surface area (Å²) >= 11 is 0. The van der Waals surface area contributed by atoms with Gasteiger partial charge in [0.15, 0.2) is 0 Å². The summed E-state index contributed by atoms with van der Waals surface area (Å²) in [6.45, 7) is 14.9. The number of carbonyl (C=O) groups excluding carboxylic acids is 4. The van der Waals surface area contributed by atoms with Gasteiger partial charge in [-0.1, -0.05) is 0 Å². The van der Waals surface area contributed by atoms with Crippen molar-refractivity contribution < 1.29 is 57.1 Å². The van der Waals surface area contributed by atoms with Gasteiger partial charge in [-0.2, -0.15) is 0 Å². The molecule has 12 heteroatoms. The predicted octanol–water partition coefficient (Wildman–Crippen LogP) is 6.02. The Kier molecular flexibility index (Phi) is 14.4. The van der Waals surface area contributed by atoms with E-state index >= 15 is 0 Å². The van der Waals surface area contributed by atoms with Crippen molar-refractivity contribution in [2.75, 3.05) is 0 Å². The van der Waals surface area contributed by atoms with Crippen LogP contribution in [-0.4, -0.2) is 97.1 Å². The summed E-state index contributed by atoms with van der Waals surface area (Å²) in [5.41, 5.74) is 0. The second-order valence-electron chi connectivity index (χ2n) is 16.6. The highest BCUT2D eigenvalue weighted by Crippen LogP contribution is 2.34. The second-order valence-corrected chi connectivity index (χ2v) is 16.6. The van der Waals surface area contributed by atoms with Crippen molar-refractivity contribution in [3.8, 4) is 0 Å². The Hall–Kier alpha value is -2.28. The van der Waals surface area contributed by atoms with Gasteiger partial charge < -0.3 is 37.9 Å². The topological polar surface area (TPSA) is 142 Å². The first-order valence-corrected chi connectivity index (χ1v) is 20.1. The number of hydrogen-bond acceptors (Lipinski definition) is 12. The minimum Gasteiger partial charge on any atom is -0.462 e. The van der Waals surface area contributed by atoms with Gasteiger partial charge in [0.25, 0.3) is 0 Å². The molecule has 52 heavy (non-hydrogen) atoms. The second kappa shape index (κ2) is 18.4. The Morgan fingerprint density at radius 2 is 0.519 bits per heavy atom. The maximum absolute atomic E-state index is 13.1. The molecule has 0 aromatic rings. The van der Waals surface area contributed by atoms with Crippen LogP contribution in [0.1, 0.15) is 132 Å². The summed E-state index contributed by atoms with van der Waals surface area (Å²) in [5, 5.41) is 0. The molecular formula is C40H64O12. The van der Waals surface area contributed by atoms with Crippen LogP contribution in [0.15, 0.2) is 0 Å². The Bertz CT molecular complexity index is 1040. The van der Waals surface area contributed by atoms with Crippen LogP contribution < -0.4 is 0 Å². The average molecular weight is 737 g/mol. The van der Waals surface area contributed by atoms with Gasteiger partial charge in [-0.15, -0.1) is 0 Å². The fraction of sp³-hybridized carbons (Fsp3) is 0.900. The first kappa shape index (κ1) is 40.9. The molecule has 0 radical (unpaired) electrons. The number of carbonyl (C=O) groups is 4. The molecule has 5 heterocycles. The van der Waals surface area contributed by atoms with Gasteiger partial charge in [-0.05, 0) is 107 Å². The van der Waals surface area contributed by atoms with Gasteiger partial charge in [-0.25, -0.2) is 0 Å². The predicted molar refractivity (Wildman–Crippen MR) is 189 cm³/mol. The van der Waals surface area contributed by atoms with Crippen LogP contribution in [0, 0.1) is 23.7 Å². The van der Waals surface area contributed by atoms with E-state index in [0.717, 1.165) is 51.4 Å². The van der Waals surface area contributed by atoms with Gasteiger partial charge in [0.1, 0.15) is 24.4 Å². The molecule has 16 atom stereocenters. The quantitative estimate of drug-likeness (QED) is 0.212. The zero-order valence-corrected chi connectivity index (χ0v) is 32.6. The van der Waals surface area contributed by atoms with E-state index in [1.807, 2.05) is 55.4 Å². The molecular weight excluding hydrogens is 672 g/mol. The monoisotopic (exact) mass is 736 g/mol. The van der Waals surface area contributed by atoms with Crippen molar-refractivity contribution in [2.45, 2.75) is 206 Å². The van der Waals surface area contributed by atoms with Gasteiger partial charge in [0.2, 0.25) is 0 Å². The summed E-state index contributed by atoms with van der Waals surface area (Å²) in [4.78, 5) is 52.4. The molecule has 0 saturated carbocycles. The van der Waals surface area contributed by atoms with Crippen molar-refractivity contribution in [3.63, 3.8) is 0 Å². The third kappa shape index (κ3) is 10.9. The molecule has 0 aliphatic carbocycles. The van der Waals surface area contributed by atoms with E-state index in [4.69, 9.17) is 37.9 Å². The minimum atomic E-state index is -0.434. The van der Waals surface area contributed by atoms with E-state index in [9.17, 15) is 19.2 Å². The fourth-order valence-electron chi connectivity index (χ4n) is 8.60. The Labute approximate surface area is 309 Å². The maximum Gasteiger partial charge on any atom is 0.311 e. The van der Waals surface area contributed by atoms with Crippen LogP contribution in [0.2, 0.25) is 0 Å². The molecule has 5 saturated heterocycles. The first-order chi connectivity index (χ1) is 24.7. The van der Waals surface area contributed by atoms with E-state index in [1.165, 1.54) is 0 Å². The molecule has 5 aliphatic heterocycles. The van der Waals surface area contributed by atoms with Crippen LogP contribution in [-0.2, 0) is 57.1 Å². The third-order valence-corrected chi connectivity index (χ3v) is 11.9. The molecule has 0 aromatic heterocycles. The zero-order chi connectivity index (χ0) is 37.7. The highest BCUT2D eigenvalue weighted by atomic mass is 16.6. The largest absolute Gasteiger partial charge is 0.462 e. The van der Waals surface area contributed by atoms with Gasteiger partial charge in [-0.3, -0.25) is 19.2 Å². The number of hydrogen-bond donors (Lipinski definition) is 0. The van der Waals surface area contributed by atoms with E-state index in [0.29, 0.717) is 25.7 Å². The zero-order valence-electron chi connectivity index (χ0n) is 32.6. The van der Waals surface area contributed by atoms with Gasteiger partial charge in [0.05, 0.1) is 72.5 Å². The normalized spacial score (nSPS) is 45.2. The molecule has 0 unspecified atom stereocenters. The van der Waals surface area contributed by atoms with Crippen molar-refractivity contribution in [2.24, 2.45) is 23.7 Å². The first-order valence-electron chi connectivity index (χ1n) is 20.1. The van der Waals surface area contributed by atoms with Crippen LogP contribution in [0.4, 0.5) is 0 Å². The summed E-state index contributed by atoms with van der Waals surface area (Å²) in [7, 11) is 0. The molecule has 8 bridgehead atoms. The third-order valence-electron chi connectivity index (χ3n) is 11.9. The number of rotatable bonds is 0. The van der Waals surface area contributed by atoms with E-state index in [-0.39, 0.29) is 97.1 Å². The van der Waals surface area contributed by atoms with Gasteiger partial charge in [0, 0.05) is 25.7 Å². The number of fused-ring (bicyclic) bond motifs is 8. The summed E-state index contributed by atoms with van der Waals surface area (Å²) in [6, 6.07) is 0. The van der Waals surface area contributed by atoms with Crippen LogP contribution in [0.25, 0.3) is 0 Å². The number of ether oxygens (including phenoxy) is 8. The SMILES string of the molecule is C[C@@H]1C[C@@H]2CC[C@H](O2)[C@H](C)C(=O)O[C@@H](C)C[C@H]2CC[C@H](O2)[C@@H](C)C(=O)O[C@@H](C)C[C@H]2CC[C@H](O2)[C@@H](C)C(=O)O[C@H](C)C[C@@H]2CC[C@H](O2)[C@H](C)C(=O)O1. The van der Waals surface area contributed by atoms with E-state index in [2.05, 4.69) is 0 Å². The average Bonchev–Trinajstić information content (AvgIpc) is 3.91. The highest BCUT2D eigenvalue weighted by molar-refractivity contribution is 5.74. The summed E-state index contributed by atoms with van der Waals surface area (Å²) in [6.07, 6.45) is 5.22. The number of cyclic esters (lactones) is 4. The Morgan fingerprint density at radius 1 is 0.327 bits per heavy atom. The Morgan fingerprint density at radius 3 is 0.712 bits per heavy atom. The lowest BCUT2D eigenvalue weighted by Gasteiger charge is -2.26. The van der Waals surface area contributed by atoms with E-state index in [1.54, 1.807) is 0 Å². The molecule has 12 nitrogen and oxygen atoms in total. The van der Waals surface area contributed by atoms with Crippen molar-refractivity contribution in [1.82, 2.24) is 0 Å². The minimum absolute atomic E-state index is 0.119. The highest BCUT2D eigenvalue weighted by Gasteiger charge is 2.41. The summed E-state index contributed by atoms with van der Waals surface area (Å²) in [5.74, 6) is -2.93. The van der Waals surface area contributed by atoms with Crippen molar-refractivity contribution in [1.29, 1.82) is 0 Å². The van der Waals surface area contributed by atoms with Crippen molar-refractivity contribution >= 4 is 23.9 Å². The van der Waals surface area contributed by atoms with E-state index < -0.39 is 23.7 Å². The summed E-state index contributed by atoms with van der Waals surface area (Å²) < 4.78 is 48.4. The number of esters is 4. The van der Waals surface area contributed by atoms with Crippen LogP contribution in [0.3, 0.4) is 0 Å². The lowest BCUT2D eigenvalue weighted by Crippen LogP contribution is -2.34. The molecule has 296 valence electrons. The molecule has 5 fully saturated rings. The lowest BCUT2D eigenvalue weighted by atomic mass is 10.00. The molecule has 0 aromatic carbocycles. The smallest absolute Gasteiger partial charge is 0.311 e. The molecule has 0 spiro atoms.